The van der Waals surface area contributed by atoms with Gasteiger partial charge in [0.1, 0.15) is 6.10 Å². The fourth-order valence-electron chi connectivity index (χ4n) is 3.58. The third-order valence-electron chi connectivity index (χ3n) is 4.78. The van der Waals surface area contributed by atoms with Gasteiger partial charge < -0.3 is 14.6 Å². The number of aliphatic hydroxyl groups is 1. The molecule has 1 N–H and O–H groups in total. The van der Waals surface area contributed by atoms with Gasteiger partial charge in [-0.2, -0.15) is 0 Å². The van der Waals surface area contributed by atoms with Gasteiger partial charge in [0.2, 0.25) is 6.29 Å². The summed E-state index contributed by atoms with van der Waals surface area (Å²) in [5, 5.41) is 9.71. The second-order valence-corrected chi connectivity index (χ2v) is 6.67. The molecule has 2 aliphatic rings. The van der Waals surface area contributed by atoms with Gasteiger partial charge in [0, 0.05) is 18.6 Å². The van der Waals surface area contributed by atoms with E-state index in [2.05, 4.69) is 4.74 Å². The number of rotatable bonds is 8. The summed E-state index contributed by atoms with van der Waals surface area (Å²) in [4.78, 5) is 22.4. The molecule has 23 heavy (non-hydrogen) atoms. The number of ether oxygens (including phenoxy) is 2. The van der Waals surface area contributed by atoms with Crippen molar-refractivity contribution >= 4 is 11.9 Å². The Bertz CT molecular complexity index is 437. The van der Waals surface area contributed by atoms with E-state index in [1.165, 1.54) is 57.9 Å². The van der Waals surface area contributed by atoms with Crippen LogP contribution in [0.5, 0.6) is 0 Å². The summed E-state index contributed by atoms with van der Waals surface area (Å²) in [7, 11) is 0. The summed E-state index contributed by atoms with van der Waals surface area (Å²) < 4.78 is 9.93. The highest BCUT2D eigenvalue weighted by molar-refractivity contribution is 5.86. The highest BCUT2D eigenvalue weighted by atomic mass is 16.6. The molecule has 0 saturated heterocycles. The zero-order valence-corrected chi connectivity index (χ0v) is 14.0. The van der Waals surface area contributed by atoms with Crippen LogP contribution in [0.4, 0.5) is 0 Å². The lowest BCUT2D eigenvalue weighted by atomic mass is 9.85. The van der Waals surface area contributed by atoms with Crippen LogP contribution < -0.4 is 0 Å². The molecule has 1 heterocycles. The molecule has 0 aromatic rings. The van der Waals surface area contributed by atoms with Crippen LogP contribution in [0.25, 0.3) is 0 Å². The number of unbranched alkanes of at least 4 members (excludes halogenated alkanes) is 2. The Morgan fingerprint density at radius 3 is 2.65 bits per heavy atom. The van der Waals surface area contributed by atoms with Crippen molar-refractivity contribution in [3.05, 3.63) is 11.6 Å². The van der Waals surface area contributed by atoms with Crippen molar-refractivity contribution < 1.29 is 24.2 Å². The average molecular weight is 324 g/mol. The van der Waals surface area contributed by atoms with Gasteiger partial charge in [0.25, 0.3) is 0 Å². The number of cyclic esters (lactones) is 1. The van der Waals surface area contributed by atoms with Crippen LogP contribution in [0.15, 0.2) is 11.6 Å². The number of esters is 2. The maximum Gasteiger partial charge on any atom is 0.333 e. The van der Waals surface area contributed by atoms with E-state index in [4.69, 9.17) is 4.74 Å². The summed E-state index contributed by atoms with van der Waals surface area (Å²) >= 11 is 0. The highest BCUT2D eigenvalue weighted by Gasteiger charge is 2.31. The quantitative estimate of drug-likeness (QED) is 0.548. The number of carbonyl (C=O) groups is 2. The Morgan fingerprint density at radius 2 is 2.04 bits per heavy atom. The van der Waals surface area contributed by atoms with E-state index in [9.17, 15) is 14.7 Å². The van der Waals surface area contributed by atoms with Gasteiger partial charge in [-0.1, -0.05) is 51.4 Å². The lowest BCUT2D eigenvalue weighted by molar-refractivity contribution is -0.153. The first-order valence-electron chi connectivity index (χ1n) is 8.83. The average Bonchev–Trinajstić information content (AvgIpc) is 2.85. The molecule has 0 aromatic carbocycles. The molecular weight excluding hydrogens is 296 g/mol. The van der Waals surface area contributed by atoms with Crippen molar-refractivity contribution in [3.63, 3.8) is 0 Å². The van der Waals surface area contributed by atoms with Crippen molar-refractivity contribution in [3.8, 4) is 0 Å². The minimum atomic E-state index is -1.28. The first kappa shape index (κ1) is 18.0. The van der Waals surface area contributed by atoms with Gasteiger partial charge in [-0.15, -0.1) is 0 Å². The van der Waals surface area contributed by atoms with Crippen molar-refractivity contribution in [2.45, 2.75) is 83.5 Å². The van der Waals surface area contributed by atoms with E-state index in [1.54, 1.807) is 0 Å². The molecule has 130 valence electrons. The van der Waals surface area contributed by atoms with Gasteiger partial charge in [-0.3, -0.25) is 4.79 Å². The zero-order chi connectivity index (χ0) is 16.7. The molecule has 0 radical (unpaired) electrons. The molecule has 1 aliphatic carbocycles. The number of hydrogen-bond donors (Lipinski definition) is 1. The van der Waals surface area contributed by atoms with Gasteiger partial charge >= 0.3 is 11.9 Å². The van der Waals surface area contributed by atoms with Crippen LogP contribution >= 0.6 is 0 Å². The Morgan fingerprint density at radius 1 is 1.30 bits per heavy atom. The monoisotopic (exact) mass is 324 g/mol. The van der Waals surface area contributed by atoms with Gasteiger partial charge in [0.15, 0.2) is 0 Å². The second-order valence-electron chi connectivity index (χ2n) is 6.67. The van der Waals surface area contributed by atoms with E-state index in [-0.39, 0.29) is 0 Å². The van der Waals surface area contributed by atoms with E-state index in [1.807, 2.05) is 0 Å². The summed E-state index contributed by atoms with van der Waals surface area (Å²) in [5.74, 6) is -0.106. The van der Waals surface area contributed by atoms with Crippen molar-refractivity contribution in [1.82, 2.24) is 0 Å². The summed E-state index contributed by atoms with van der Waals surface area (Å²) in [6.07, 6.45) is 11.3. The highest BCUT2D eigenvalue weighted by Crippen LogP contribution is 2.29. The van der Waals surface area contributed by atoms with E-state index in [0.717, 1.165) is 18.8 Å². The number of carbonyl (C=O) groups excluding carboxylic acids is 2. The Labute approximate surface area is 138 Å². The Kier molecular flexibility index (Phi) is 7.09. The van der Waals surface area contributed by atoms with Crippen molar-refractivity contribution in [1.29, 1.82) is 0 Å². The molecule has 0 spiro atoms. The van der Waals surface area contributed by atoms with Crippen LogP contribution in [-0.4, -0.2) is 29.4 Å². The maximum atomic E-state index is 11.2. The molecule has 5 nitrogen and oxygen atoms in total. The van der Waals surface area contributed by atoms with Crippen LogP contribution in [0.2, 0.25) is 0 Å². The minimum Gasteiger partial charge on any atom is -0.458 e. The van der Waals surface area contributed by atoms with Crippen molar-refractivity contribution in [2.24, 2.45) is 5.92 Å². The molecule has 5 heteroatoms. The summed E-state index contributed by atoms with van der Waals surface area (Å²) in [6, 6.07) is 0. The second kappa shape index (κ2) is 9.06. The molecule has 2 atom stereocenters. The lowest BCUT2D eigenvalue weighted by Crippen LogP contribution is -2.25. The molecule has 1 aliphatic heterocycles. The molecule has 0 aromatic heterocycles. The Hall–Kier alpha value is -1.36. The predicted molar refractivity (Wildman–Crippen MR) is 85.4 cm³/mol. The SMILES string of the molecule is CC(=O)OC(CCCCCC1CCCCC1)C1=CC(=O)OC1O. The third kappa shape index (κ3) is 5.98. The molecule has 2 rings (SSSR count). The largest absolute Gasteiger partial charge is 0.458 e. The number of hydrogen-bond acceptors (Lipinski definition) is 5. The third-order valence-corrected chi connectivity index (χ3v) is 4.78. The molecule has 1 fully saturated rings. The fraction of sp³-hybridized carbons (Fsp3) is 0.778. The molecule has 1 saturated carbocycles. The van der Waals surface area contributed by atoms with E-state index in [0.29, 0.717) is 12.0 Å². The molecule has 2 unspecified atom stereocenters. The minimum absolute atomic E-state index is 0.359. The fourth-order valence-corrected chi connectivity index (χ4v) is 3.58. The molecular formula is C18H28O5. The van der Waals surface area contributed by atoms with E-state index < -0.39 is 24.3 Å². The van der Waals surface area contributed by atoms with Crippen LogP contribution in [0.1, 0.15) is 71.1 Å². The first-order valence-corrected chi connectivity index (χ1v) is 8.83. The zero-order valence-electron chi connectivity index (χ0n) is 14.0. The van der Waals surface area contributed by atoms with Crippen LogP contribution in [-0.2, 0) is 19.1 Å². The summed E-state index contributed by atoms with van der Waals surface area (Å²) in [6.45, 7) is 1.33. The molecule has 0 bridgehead atoms. The van der Waals surface area contributed by atoms with E-state index >= 15 is 0 Å². The van der Waals surface area contributed by atoms with Crippen molar-refractivity contribution in [2.75, 3.05) is 0 Å². The van der Waals surface area contributed by atoms with Crippen LogP contribution in [0.3, 0.4) is 0 Å². The predicted octanol–water partition coefficient (Wildman–Crippen LogP) is 3.25. The standard InChI is InChI=1S/C18H28O5/c1-13(19)22-16(15-12-17(20)23-18(15)21)11-7-3-6-10-14-8-4-2-5-9-14/h12,14,16,18,21H,2-11H2,1H3. The summed E-state index contributed by atoms with van der Waals surface area (Å²) in [5.41, 5.74) is 0.359. The van der Waals surface area contributed by atoms with Gasteiger partial charge in [-0.05, 0) is 18.8 Å². The molecule has 0 amide bonds. The van der Waals surface area contributed by atoms with Crippen LogP contribution in [0, 0.1) is 5.92 Å². The normalized spacial score (nSPS) is 23.3. The smallest absolute Gasteiger partial charge is 0.333 e. The maximum absolute atomic E-state index is 11.2. The van der Waals surface area contributed by atoms with Gasteiger partial charge in [0.05, 0.1) is 0 Å². The Balaban J connectivity index is 1.72. The van der Waals surface area contributed by atoms with Gasteiger partial charge in [-0.25, -0.2) is 4.79 Å². The topological polar surface area (TPSA) is 72.8 Å². The number of aliphatic hydroxyl groups excluding tert-OH is 1. The first-order chi connectivity index (χ1) is 11.1. The lowest BCUT2D eigenvalue weighted by Gasteiger charge is -2.22.